The van der Waals surface area contributed by atoms with Gasteiger partial charge in [-0.2, -0.15) is 4.31 Å². The Bertz CT molecular complexity index is 732. The van der Waals surface area contributed by atoms with Gasteiger partial charge in [-0.15, -0.1) is 11.3 Å². The lowest BCUT2D eigenvalue weighted by molar-refractivity contribution is -0.151. The minimum Gasteiger partial charge on any atom is -0.356 e. The van der Waals surface area contributed by atoms with E-state index in [1.807, 2.05) is 0 Å². The molecule has 0 saturated carbocycles. The van der Waals surface area contributed by atoms with Crippen LogP contribution < -0.4 is 5.32 Å². The van der Waals surface area contributed by atoms with Crippen molar-refractivity contribution in [2.75, 3.05) is 19.6 Å². The normalized spacial score (nSPS) is 28.7. The Morgan fingerprint density at radius 3 is 2.70 bits per heavy atom. The van der Waals surface area contributed by atoms with E-state index in [-0.39, 0.29) is 17.2 Å². The minimum absolute atomic E-state index is 0.0709. The number of nitrogens with zero attached hydrogens (tertiary/aromatic N) is 1. The summed E-state index contributed by atoms with van der Waals surface area (Å²) in [6.45, 7) is 1.02. The van der Waals surface area contributed by atoms with Gasteiger partial charge < -0.3 is 5.32 Å². The molecule has 0 bridgehead atoms. The van der Waals surface area contributed by atoms with E-state index in [1.54, 1.807) is 18.4 Å². The average molecular weight is 364 g/mol. The van der Waals surface area contributed by atoms with Crippen LogP contribution in [-0.4, -0.2) is 44.2 Å². The van der Waals surface area contributed by atoms with Crippen molar-refractivity contribution in [1.29, 1.82) is 0 Å². The standard InChI is InChI=1S/C14H18F2N2O3S2/c1-10-3-6-22-11(10)23(20,21)18-8-13(7-14(15,16)9-18)4-2-5-17-12(13)19/h3,6H,2,4-5,7-9H2,1H3,(H,17,19). The number of halogens is 2. The zero-order valence-electron chi connectivity index (χ0n) is 12.6. The molecule has 0 aliphatic carbocycles. The first-order valence-electron chi connectivity index (χ1n) is 7.37. The summed E-state index contributed by atoms with van der Waals surface area (Å²) in [5.74, 6) is -3.68. The molecule has 2 aliphatic heterocycles. The van der Waals surface area contributed by atoms with Gasteiger partial charge in [-0.1, -0.05) is 0 Å². The first-order valence-corrected chi connectivity index (χ1v) is 9.69. The van der Waals surface area contributed by atoms with Crippen LogP contribution in [0.4, 0.5) is 8.78 Å². The van der Waals surface area contributed by atoms with Gasteiger partial charge in [-0.3, -0.25) is 4.79 Å². The van der Waals surface area contributed by atoms with Crippen molar-refractivity contribution < 1.29 is 22.0 Å². The highest BCUT2D eigenvalue weighted by Crippen LogP contribution is 2.45. The SMILES string of the molecule is Cc1ccsc1S(=O)(=O)N1CC(F)(F)CC2(CCCNC2=O)C1. The number of rotatable bonds is 2. The molecule has 0 aromatic carbocycles. The Morgan fingerprint density at radius 1 is 1.35 bits per heavy atom. The topological polar surface area (TPSA) is 66.5 Å². The largest absolute Gasteiger partial charge is 0.356 e. The summed E-state index contributed by atoms with van der Waals surface area (Å²) in [6, 6.07) is 1.64. The zero-order chi connectivity index (χ0) is 16.9. The number of thiophene rings is 1. The molecule has 1 aromatic rings. The summed E-state index contributed by atoms with van der Waals surface area (Å²) in [4.78, 5) is 12.2. The monoisotopic (exact) mass is 364 g/mol. The third-order valence-corrected chi connectivity index (χ3v) is 7.93. The molecule has 1 aromatic heterocycles. The highest BCUT2D eigenvalue weighted by Gasteiger charge is 2.56. The molecular weight excluding hydrogens is 346 g/mol. The summed E-state index contributed by atoms with van der Waals surface area (Å²) < 4.78 is 54.9. The fourth-order valence-electron chi connectivity index (χ4n) is 3.42. The maximum absolute atomic E-state index is 14.2. The van der Waals surface area contributed by atoms with E-state index >= 15 is 0 Å². The number of hydrogen-bond donors (Lipinski definition) is 1. The zero-order valence-corrected chi connectivity index (χ0v) is 14.3. The van der Waals surface area contributed by atoms with E-state index in [0.29, 0.717) is 18.5 Å². The highest BCUT2D eigenvalue weighted by atomic mass is 32.2. The number of hydrogen-bond acceptors (Lipinski definition) is 4. The Hall–Kier alpha value is -1.06. The molecule has 2 aliphatic rings. The number of nitrogens with one attached hydrogen (secondary N) is 1. The van der Waals surface area contributed by atoms with Crippen molar-refractivity contribution in [1.82, 2.24) is 9.62 Å². The molecule has 128 valence electrons. The molecule has 3 rings (SSSR count). The van der Waals surface area contributed by atoms with Crippen LogP contribution in [0.2, 0.25) is 0 Å². The number of alkyl halides is 2. The predicted octanol–water partition coefficient (Wildman–Crippen LogP) is 1.98. The molecule has 0 radical (unpaired) electrons. The molecule has 1 N–H and O–H groups in total. The summed E-state index contributed by atoms with van der Waals surface area (Å²) in [7, 11) is -4.03. The van der Waals surface area contributed by atoms with Crippen LogP contribution in [0.5, 0.6) is 0 Å². The quantitative estimate of drug-likeness (QED) is 0.873. The van der Waals surface area contributed by atoms with Crippen molar-refractivity contribution in [2.45, 2.75) is 36.3 Å². The summed E-state index contributed by atoms with van der Waals surface area (Å²) in [5, 5.41) is 4.23. The van der Waals surface area contributed by atoms with Crippen LogP contribution in [-0.2, 0) is 14.8 Å². The van der Waals surface area contributed by atoms with Gasteiger partial charge in [0.25, 0.3) is 15.9 Å². The summed E-state index contributed by atoms with van der Waals surface area (Å²) >= 11 is 1.01. The van der Waals surface area contributed by atoms with Crippen molar-refractivity contribution in [3.63, 3.8) is 0 Å². The summed E-state index contributed by atoms with van der Waals surface area (Å²) in [6.07, 6.45) is 0.263. The Balaban J connectivity index is 2.00. The summed E-state index contributed by atoms with van der Waals surface area (Å²) in [5.41, 5.74) is -0.802. The molecule has 1 unspecified atom stereocenters. The molecule has 23 heavy (non-hydrogen) atoms. The van der Waals surface area contributed by atoms with E-state index in [0.717, 1.165) is 15.6 Å². The van der Waals surface area contributed by atoms with E-state index in [2.05, 4.69) is 5.32 Å². The van der Waals surface area contributed by atoms with Crippen LogP contribution in [0.1, 0.15) is 24.8 Å². The lowest BCUT2D eigenvalue weighted by Gasteiger charge is -2.45. The predicted molar refractivity (Wildman–Crippen MR) is 82.1 cm³/mol. The van der Waals surface area contributed by atoms with Gasteiger partial charge in [0.1, 0.15) is 4.21 Å². The average Bonchev–Trinajstić information content (AvgIpc) is 2.87. The molecule has 2 fully saturated rings. The first-order chi connectivity index (χ1) is 10.7. The third-order valence-electron chi connectivity index (χ3n) is 4.47. The van der Waals surface area contributed by atoms with Crippen LogP contribution in [0.25, 0.3) is 0 Å². The van der Waals surface area contributed by atoms with Crippen molar-refractivity contribution in [3.8, 4) is 0 Å². The second-order valence-corrected chi connectivity index (χ2v) is 9.39. The molecule has 1 spiro atoms. The van der Waals surface area contributed by atoms with Gasteiger partial charge in [0, 0.05) is 19.5 Å². The van der Waals surface area contributed by atoms with Gasteiger partial charge in [0.2, 0.25) is 5.91 Å². The Labute approximate surface area is 137 Å². The molecule has 1 atom stereocenters. The number of aryl methyl sites for hydroxylation is 1. The molecule has 2 saturated heterocycles. The lowest BCUT2D eigenvalue weighted by atomic mass is 9.73. The molecule has 1 amide bonds. The number of carbonyl (C=O) groups is 1. The van der Waals surface area contributed by atoms with E-state index in [4.69, 9.17) is 0 Å². The van der Waals surface area contributed by atoms with Crippen molar-refractivity contribution in [3.05, 3.63) is 17.0 Å². The van der Waals surface area contributed by atoms with Gasteiger partial charge in [0.05, 0.1) is 12.0 Å². The molecule has 5 nitrogen and oxygen atoms in total. The second kappa shape index (κ2) is 5.49. The maximum Gasteiger partial charge on any atom is 0.262 e. The fourth-order valence-corrected chi connectivity index (χ4v) is 6.52. The highest BCUT2D eigenvalue weighted by molar-refractivity contribution is 7.91. The second-order valence-electron chi connectivity index (χ2n) is 6.34. The van der Waals surface area contributed by atoms with Crippen molar-refractivity contribution >= 4 is 27.3 Å². The van der Waals surface area contributed by atoms with Crippen LogP contribution in [0.15, 0.2) is 15.7 Å². The van der Waals surface area contributed by atoms with Gasteiger partial charge >= 0.3 is 0 Å². The van der Waals surface area contributed by atoms with Gasteiger partial charge in [0.15, 0.2) is 0 Å². The van der Waals surface area contributed by atoms with Crippen LogP contribution >= 0.6 is 11.3 Å². The first kappa shape index (κ1) is 16.8. The van der Waals surface area contributed by atoms with Gasteiger partial charge in [-0.25, -0.2) is 17.2 Å². The third kappa shape index (κ3) is 2.89. The van der Waals surface area contributed by atoms with E-state index in [1.165, 1.54) is 0 Å². The van der Waals surface area contributed by atoms with Crippen molar-refractivity contribution in [2.24, 2.45) is 5.41 Å². The Morgan fingerprint density at radius 2 is 2.09 bits per heavy atom. The number of piperidine rings is 2. The lowest BCUT2D eigenvalue weighted by Crippen LogP contribution is -2.61. The maximum atomic E-state index is 14.2. The smallest absolute Gasteiger partial charge is 0.262 e. The van der Waals surface area contributed by atoms with Crippen LogP contribution in [0, 0.1) is 12.3 Å². The molecular formula is C14H18F2N2O3S2. The fraction of sp³-hybridized carbons (Fsp3) is 0.643. The number of amides is 1. The van der Waals surface area contributed by atoms with E-state index < -0.39 is 40.2 Å². The number of sulfonamides is 1. The molecule has 9 heteroatoms. The minimum atomic E-state index is -4.03. The van der Waals surface area contributed by atoms with Crippen LogP contribution in [0.3, 0.4) is 0 Å². The molecule has 3 heterocycles. The van der Waals surface area contributed by atoms with Gasteiger partial charge in [-0.05, 0) is 36.8 Å². The Kier molecular flexibility index (Phi) is 4.01. The van der Waals surface area contributed by atoms with E-state index in [9.17, 15) is 22.0 Å². The number of carbonyl (C=O) groups excluding carboxylic acids is 1.